The van der Waals surface area contributed by atoms with Gasteiger partial charge < -0.3 is 9.64 Å². The summed E-state index contributed by atoms with van der Waals surface area (Å²) in [6.07, 6.45) is 0.0106. The summed E-state index contributed by atoms with van der Waals surface area (Å²) in [6.45, 7) is 3.47. The predicted octanol–water partition coefficient (Wildman–Crippen LogP) is 2.31. The monoisotopic (exact) mass is 443 g/mol. The number of nitrogens with one attached hydrogen (secondary N) is 2. The lowest BCUT2D eigenvalue weighted by Gasteiger charge is -2.18. The topological polar surface area (TPSA) is 105 Å². The molecule has 2 aromatic rings. The van der Waals surface area contributed by atoms with Gasteiger partial charge in [0.2, 0.25) is 5.91 Å². The average Bonchev–Trinajstić information content (AvgIpc) is 3.11. The molecule has 162 valence electrons. The number of hydrazine groups is 1. The van der Waals surface area contributed by atoms with Gasteiger partial charge in [-0.05, 0) is 49.2 Å². The molecule has 1 aliphatic heterocycles. The highest BCUT2D eigenvalue weighted by Gasteiger charge is 2.36. The molecule has 3 rings (SSSR count). The molecule has 2 aromatic carbocycles. The van der Waals surface area contributed by atoms with Gasteiger partial charge in [-0.15, -0.1) is 0 Å². The van der Waals surface area contributed by atoms with Crippen LogP contribution in [0.15, 0.2) is 42.5 Å². The minimum absolute atomic E-state index is 0.0106. The number of amides is 3. The maximum Gasteiger partial charge on any atom is 0.311 e. The summed E-state index contributed by atoms with van der Waals surface area (Å²) in [5.41, 5.74) is 7.32. The SMILES string of the molecule is Cc1cc(C)cc(N2C[C@H](C(=O)OCC(=O)NNC(=O)c3ccccc3Cl)CC2=O)c1. The molecule has 0 aliphatic carbocycles. The van der Waals surface area contributed by atoms with Crippen LogP contribution in [-0.4, -0.2) is 36.8 Å². The van der Waals surface area contributed by atoms with Gasteiger partial charge >= 0.3 is 5.97 Å². The summed E-state index contributed by atoms with van der Waals surface area (Å²) in [4.78, 5) is 50.2. The lowest BCUT2D eigenvalue weighted by Crippen LogP contribution is -2.44. The Labute approximate surface area is 184 Å². The van der Waals surface area contributed by atoms with Gasteiger partial charge in [0.05, 0.1) is 16.5 Å². The molecule has 1 heterocycles. The Morgan fingerprint density at radius 3 is 2.45 bits per heavy atom. The zero-order valence-electron chi connectivity index (χ0n) is 17.1. The standard InChI is InChI=1S/C22H22ClN3O5/c1-13-7-14(2)9-16(8-13)26-11-15(10-20(26)28)22(30)31-12-19(27)24-25-21(29)17-5-3-4-6-18(17)23/h3-9,15H,10-12H2,1-2H3,(H,24,27)(H,25,29)/t15-/m1/s1. The Morgan fingerprint density at radius 1 is 1.10 bits per heavy atom. The summed E-state index contributed by atoms with van der Waals surface area (Å²) in [6, 6.07) is 12.1. The van der Waals surface area contributed by atoms with Crippen molar-refractivity contribution in [3.8, 4) is 0 Å². The molecule has 3 amide bonds. The van der Waals surface area contributed by atoms with Crippen molar-refractivity contribution >= 4 is 41.0 Å². The van der Waals surface area contributed by atoms with Gasteiger partial charge in [-0.2, -0.15) is 0 Å². The van der Waals surface area contributed by atoms with Crippen LogP contribution in [0, 0.1) is 19.8 Å². The summed E-state index contributed by atoms with van der Waals surface area (Å²) in [5, 5.41) is 0.236. The predicted molar refractivity (Wildman–Crippen MR) is 114 cm³/mol. The van der Waals surface area contributed by atoms with Crippen molar-refractivity contribution in [1.82, 2.24) is 10.9 Å². The molecule has 2 N–H and O–H groups in total. The maximum atomic E-state index is 12.4. The fourth-order valence-corrected chi connectivity index (χ4v) is 3.57. The van der Waals surface area contributed by atoms with E-state index in [1.807, 2.05) is 32.0 Å². The van der Waals surface area contributed by atoms with E-state index in [0.29, 0.717) is 0 Å². The average molecular weight is 444 g/mol. The van der Waals surface area contributed by atoms with Crippen LogP contribution in [0.25, 0.3) is 0 Å². The molecule has 0 bridgehead atoms. The molecule has 1 atom stereocenters. The summed E-state index contributed by atoms with van der Waals surface area (Å²) >= 11 is 5.92. The van der Waals surface area contributed by atoms with Gasteiger partial charge in [0.15, 0.2) is 6.61 Å². The van der Waals surface area contributed by atoms with Crippen molar-refractivity contribution in [2.75, 3.05) is 18.1 Å². The molecule has 1 fully saturated rings. The van der Waals surface area contributed by atoms with Gasteiger partial charge in [0, 0.05) is 18.7 Å². The Bertz CT molecular complexity index is 1020. The van der Waals surface area contributed by atoms with Crippen LogP contribution in [0.2, 0.25) is 5.02 Å². The largest absolute Gasteiger partial charge is 0.455 e. The van der Waals surface area contributed by atoms with Gasteiger partial charge in [0.1, 0.15) is 0 Å². The minimum atomic E-state index is -0.718. The Balaban J connectivity index is 1.48. The summed E-state index contributed by atoms with van der Waals surface area (Å²) in [5.74, 6) is -2.81. The fraction of sp³-hybridized carbons (Fsp3) is 0.273. The van der Waals surface area contributed by atoms with Crippen LogP contribution < -0.4 is 15.8 Å². The molecule has 0 saturated carbocycles. The van der Waals surface area contributed by atoms with Gasteiger partial charge in [-0.1, -0.05) is 29.8 Å². The number of hydrogen-bond acceptors (Lipinski definition) is 5. The molecule has 0 radical (unpaired) electrons. The van der Waals surface area contributed by atoms with E-state index in [1.165, 1.54) is 6.07 Å². The van der Waals surface area contributed by atoms with Crippen molar-refractivity contribution in [3.05, 3.63) is 64.2 Å². The molecular weight excluding hydrogens is 422 g/mol. The molecule has 8 nitrogen and oxygen atoms in total. The zero-order chi connectivity index (χ0) is 22.5. The van der Waals surface area contributed by atoms with Gasteiger partial charge in [-0.3, -0.25) is 30.0 Å². The third kappa shape index (κ3) is 5.61. The van der Waals surface area contributed by atoms with Crippen molar-refractivity contribution in [3.63, 3.8) is 0 Å². The van der Waals surface area contributed by atoms with E-state index in [1.54, 1.807) is 23.1 Å². The molecular formula is C22H22ClN3O5. The normalized spacial score (nSPS) is 15.5. The quantitative estimate of drug-likeness (QED) is 0.545. The first-order valence-electron chi connectivity index (χ1n) is 9.63. The number of esters is 1. The van der Waals surface area contributed by atoms with E-state index < -0.39 is 30.3 Å². The smallest absolute Gasteiger partial charge is 0.311 e. The third-order valence-electron chi connectivity index (χ3n) is 4.76. The molecule has 0 spiro atoms. The van der Waals surface area contributed by atoms with Crippen LogP contribution in [0.1, 0.15) is 27.9 Å². The van der Waals surface area contributed by atoms with Crippen molar-refractivity contribution in [1.29, 1.82) is 0 Å². The highest BCUT2D eigenvalue weighted by Crippen LogP contribution is 2.27. The van der Waals surface area contributed by atoms with Crippen molar-refractivity contribution in [2.24, 2.45) is 5.92 Å². The van der Waals surface area contributed by atoms with Crippen molar-refractivity contribution in [2.45, 2.75) is 20.3 Å². The number of carbonyl (C=O) groups is 4. The number of hydrogen-bond donors (Lipinski definition) is 2. The highest BCUT2D eigenvalue weighted by atomic mass is 35.5. The van der Waals surface area contributed by atoms with E-state index in [0.717, 1.165) is 16.8 Å². The van der Waals surface area contributed by atoms with E-state index in [-0.39, 0.29) is 29.5 Å². The van der Waals surface area contributed by atoms with Gasteiger partial charge in [-0.25, -0.2) is 0 Å². The molecule has 0 aromatic heterocycles. The van der Waals surface area contributed by atoms with Crippen LogP contribution in [0.3, 0.4) is 0 Å². The van der Waals surface area contributed by atoms with Crippen LogP contribution in [0.4, 0.5) is 5.69 Å². The summed E-state index contributed by atoms with van der Waals surface area (Å²) < 4.78 is 5.02. The van der Waals surface area contributed by atoms with Crippen LogP contribution in [-0.2, 0) is 19.1 Å². The number of rotatable bonds is 5. The van der Waals surface area contributed by atoms with Crippen molar-refractivity contribution < 1.29 is 23.9 Å². The zero-order valence-corrected chi connectivity index (χ0v) is 17.9. The third-order valence-corrected chi connectivity index (χ3v) is 5.09. The second-order valence-electron chi connectivity index (χ2n) is 7.34. The van der Waals surface area contributed by atoms with E-state index in [4.69, 9.17) is 16.3 Å². The number of ether oxygens (including phenoxy) is 1. The number of aryl methyl sites for hydroxylation is 2. The molecule has 9 heteroatoms. The number of benzene rings is 2. The van der Waals surface area contributed by atoms with E-state index in [9.17, 15) is 19.2 Å². The Hall–Kier alpha value is -3.39. The maximum absolute atomic E-state index is 12.4. The van der Waals surface area contributed by atoms with E-state index >= 15 is 0 Å². The number of carbonyl (C=O) groups excluding carboxylic acids is 4. The van der Waals surface area contributed by atoms with Gasteiger partial charge in [0.25, 0.3) is 11.8 Å². The second kappa shape index (κ2) is 9.61. The molecule has 31 heavy (non-hydrogen) atoms. The number of anilines is 1. The first-order valence-corrected chi connectivity index (χ1v) is 10.0. The number of halogens is 1. The molecule has 1 aliphatic rings. The Kier molecular flexibility index (Phi) is 6.91. The number of nitrogens with zero attached hydrogens (tertiary/aromatic N) is 1. The molecule has 0 unspecified atom stereocenters. The Morgan fingerprint density at radius 2 is 1.77 bits per heavy atom. The second-order valence-corrected chi connectivity index (χ2v) is 7.75. The highest BCUT2D eigenvalue weighted by molar-refractivity contribution is 6.33. The summed E-state index contributed by atoms with van der Waals surface area (Å²) in [7, 11) is 0. The fourth-order valence-electron chi connectivity index (χ4n) is 3.35. The first-order chi connectivity index (χ1) is 14.7. The minimum Gasteiger partial charge on any atom is -0.455 e. The lowest BCUT2D eigenvalue weighted by molar-refractivity contribution is -0.152. The molecule has 1 saturated heterocycles. The van der Waals surface area contributed by atoms with E-state index in [2.05, 4.69) is 10.9 Å². The van der Waals surface area contributed by atoms with Crippen LogP contribution >= 0.6 is 11.6 Å². The van der Waals surface area contributed by atoms with Crippen LogP contribution in [0.5, 0.6) is 0 Å². The lowest BCUT2D eigenvalue weighted by atomic mass is 10.1. The first kappa shape index (κ1) is 22.3.